The second kappa shape index (κ2) is 5.46. The summed E-state index contributed by atoms with van der Waals surface area (Å²) >= 11 is 0. The SMILES string of the molecule is CNC(C)CN1CCC(c2ccccc2)C1. The molecule has 0 saturated carbocycles. The van der Waals surface area contributed by atoms with Crippen molar-refractivity contribution in [3.63, 3.8) is 0 Å². The number of nitrogens with one attached hydrogen (secondary N) is 1. The third kappa shape index (κ3) is 2.83. The zero-order chi connectivity index (χ0) is 11.4. The maximum Gasteiger partial charge on any atom is 0.0163 e. The van der Waals surface area contributed by atoms with Gasteiger partial charge < -0.3 is 10.2 Å². The van der Waals surface area contributed by atoms with Gasteiger partial charge in [-0.2, -0.15) is 0 Å². The Hall–Kier alpha value is -0.860. The lowest BCUT2D eigenvalue weighted by atomic mass is 9.99. The third-order valence-electron chi connectivity index (χ3n) is 3.57. The van der Waals surface area contributed by atoms with E-state index in [-0.39, 0.29) is 0 Å². The van der Waals surface area contributed by atoms with Crippen LogP contribution >= 0.6 is 0 Å². The first kappa shape index (κ1) is 11.6. The summed E-state index contributed by atoms with van der Waals surface area (Å²) in [5, 5.41) is 3.30. The lowest BCUT2D eigenvalue weighted by Gasteiger charge is -2.20. The maximum atomic E-state index is 3.30. The van der Waals surface area contributed by atoms with Gasteiger partial charge in [-0.25, -0.2) is 0 Å². The van der Waals surface area contributed by atoms with Crippen LogP contribution in [0.1, 0.15) is 24.8 Å². The van der Waals surface area contributed by atoms with E-state index in [1.54, 1.807) is 0 Å². The molecule has 88 valence electrons. The molecule has 2 unspecified atom stereocenters. The molecule has 1 aromatic rings. The molecule has 1 heterocycles. The van der Waals surface area contributed by atoms with Crippen molar-refractivity contribution in [1.29, 1.82) is 0 Å². The minimum absolute atomic E-state index is 0.592. The highest BCUT2D eigenvalue weighted by Crippen LogP contribution is 2.26. The Morgan fingerprint density at radius 1 is 1.38 bits per heavy atom. The van der Waals surface area contributed by atoms with Crippen LogP contribution < -0.4 is 5.32 Å². The van der Waals surface area contributed by atoms with Gasteiger partial charge in [0.2, 0.25) is 0 Å². The monoisotopic (exact) mass is 218 g/mol. The van der Waals surface area contributed by atoms with Crippen LogP contribution in [0.3, 0.4) is 0 Å². The molecule has 2 heteroatoms. The molecule has 2 nitrogen and oxygen atoms in total. The van der Waals surface area contributed by atoms with E-state index >= 15 is 0 Å². The van der Waals surface area contributed by atoms with E-state index in [4.69, 9.17) is 0 Å². The van der Waals surface area contributed by atoms with Crippen LogP contribution in [0.25, 0.3) is 0 Å². The van der Waals surface area contributed by atoms with Crippen LogP contribution in [0, 0.1) is 0 Å². The van der Waals surface area contributed by atoms with Gasteiger partial charge in [0.1, 0.15) is 0 Å². The number of nitrogens with zero attached hydrogens (tertiary/aromatic N) is 1. The van der Waals surface area contributed by atoms with E-state index in [2.05, 4.69) is 47.5 Å². The quantitative estimate of drug-likeness (QED) is 0.832. The molecule has 2 atom stereocenters. The molecule has 1 aliphatic heterocycles. The lowest BCUT2D eigenvalue weighted by molar-refractivity contribution is 0.302. The molecule has 16 heavy (non-hydrogen) atoms. The van der Waals surface area contributed by atoms with Gasteiger partial charge in [0.25, 0.3) is 0 Å². The van der Waals surface area contributed by atoms with Crippen LogP contribution in [-0.4, -0.2) is 37.6 Å². The van der Waals surface area contributed by atoms with Crippen LogP contribution in [0.4, 0.5) is 0 Å². The van der Waals surface area contributed by atoms with Gasteiger partial charge in [0.15, 0.2) is 0 Å². The highest BCUT2D eigenvalue weighted by atomic mass is 15.2. The van der Waals surface area contributed by atoms with Crippen molar-refractivity contribution in [3.8, 4) is 0 Å². The van der Waals surface area contributed by atoms with Gasteiger partial charge in [0, 0.05) is 19.1 Å². The number of likely N-dealkylation sites (tertiary alicyclic amines) is 1. The van der Waals surface area contributed by atoms with Crippen molar-refractivity contribution in [2.24, 2.45) is 0 Å². The molecule has 0 spiro atoms. The van der Waals surface area contributed by atoms with Crippen molar-refractivity contribution >= 4 is 0 Å². The molecular weight excluding hydrogens is 196 g/mol. The van der Waals surface area contributed by atoms with Gasteiger partial charge in [-0.3, -0.25) is 0 Å². The fourth-order valence-electron chi connectivity index (χ4n) is 2.47. The van der Waals surface area contributed by atoms with Crippen molar-refractivity contribution in [3.05, 3.63) is 35.9 Å². The molecule has 2 rings (SSSR count). The van der Waals surface area contributed by atoms with Gasteiger partial charge in [-0.15, -0.1) is 0 Å². The van der Waals surface area contributed by atoms with Crippen molar-refractivity contribution in [1.82, 2.24) is 10.2 Å². The Bertz CT molecular complexity index is 310. The standard InChI is InChI=1S/C14H22N2/c1-12(15-2)10-16-9-8-14(11-16)13-6-4-3-5-7-13/h3-7,12,14-15H,8-11H2,1-2H3. The predicted octanol–water partition coefficient (Wildman–Crippen LogP) is 2.08. The largest absolute Gasteiger partial charge is 0.316 e. The molecule has 1 aliphatic rings. The first-order chi connectivity index (χ1) is 7.79. The van der Waals surface area contributed by atoms with Crippen LogP contribution in [-0.2, 0) is 0 Å². The van der Waals surface area contributed by atoms with Crippen molar-refractivity contribution < 1.29 is 0 Å². The molecule has 1 N–H and O–H groups in total. The number of rotatable bonds is 4. The Balaban J connectivity index is 1.89. The molecular formula is C14H22N2. The molecule has 0 radical (unpaired) electrons. The summed E-state index contributed by atoms with van der Waals surface area (Å²) in [7, 11) is 2.04. The minimum atomic E-state index is 0.592. The fraction of sp³-hybridized carbons (Fsp3) is 0.571. The smallest absolute Gasteiger partial charge is 0.0163 e. The molecule has 0 aromatic heterocycles. The lowest BCUT2D eigenvalue weighted by Crippen LogP contribution is -2.36. The van der Waals surface area contributed by atoms with Gasteiger partial charge in [0.05, 0.1) is 0 Å². The van der Waals surface area contributed by atoms with E-state index in [9.17, 15) is 0 Å². The van der Waals surface area contributed by atoms with Crippen LogP contribution in [0.5, 0.6) is 0 Å². The number of hydrogen-bond donors (Lipinski definition) is 1. The van der Waals surface area contributed by atoms with E-state index < -0.39 is 0 Å². The summed E-state index contributed by atoms with van der Waals surface area (Å²) in [6, 6.07) is 11.5. The van der Waals surface area contributed by atoms with E-state index in [1.807, 2.05) is 7.05 Å². The molecule has 1 aromatic carbocycles. The van der Waals surface area contributed by atoms with Crippen molar-refractivity contribution in [2.45, 2.75) is 25.3 Å². The zero-order valence-corrected chi connectivity index (χ0v) is 10.3. The second-order valence-electron chi connectivity index (χ2n) is 4.85. The first-order valence-corrected chi connectivity index (χ1v) is 6.24. The molecule has 0 aliphatic carbocycles. The van der Waals surface area contributed by atoms with Crippen molar-refractivity contribution in [2.75, 3.05) is 26.7 Å². The van der Waals surface area contributed by atoms with Crippen LogP contribution in [0.2, 0.25) is 0 Å². The predicted molar refractivity (Wildman–Crippen MR) is 68.8 cm³/mol. The topological polar surface area (TPSA) is 15.3 Å². The highest BCUT2D eigenvalue weighted by Gasteiger charge is 2.24. The van der Waals surface area contributed by atoms with E-state index in [1.165, 1.54) is 31.6 Å². The fourth-order valence-corrected chi connectivity index (χ4v) is 2.47. The highest BCUT2D eigenvalue weighted by molar-refractivity contribution is 5.20. The van der Waals surface area contributed by atoms with Gasteiger partial charge in [-0.05, 0) is 38.4 Å². The first-order valence-electron chi connectivity index (χ1n) is 6.24. The normalized spacial score (nSPS) is 23.5. The van der Waals surface area contributed by atoms with Crippen LogP contribution in [0.15, 0.2) is 30.3 Å². The maximum absolute atomic E-state index is 3.30. The summed E-state index contributed by atoms with van der Waals surface area (Å²) in [6.45, 7) is 5.87. The summed E-state index contributed by atoms with van der Waals surface area (Å²) in [4.78, 5) is 2.57. The average molecular weight is 218 g/mol. The number of likely N-dealkylation sites (N-methyl/N-ethyl adjacent to an activating group) is 1. The van der Waals surface area contributed by atoms with E-state index in [0.717, 1.165) is 5.92 Å². The number of hydrogen-bond acceptors (Lipinski definition) is 2. The van der Waals surface area contributed by atoms with Gasteiger partial charge >= 0.3 is 0 Å². The molecule has 1 fully saturated rings. The zero-order valence-electron chi connectivity index (χ0n) is 10.3. The molecule has 0 bridgehead atoms. The Morgan fingerprint density at radius 2 is 2.12 bits per heavy atom. The third-order valence-corrected chi connectivity index (χ3v) is 3.57. The molecule has 0 amide bonds. The summed E-state index contributed by atoms with van der Waals surface area (Å²) in [6.07, 6.45) is 1.31. The molecule has 1 saturated heterocycles. The number of benzene rings is 1. The Morgan fingerprint density at radius 3 is 2.81 bits per heavy atom. The van der Waals surface area contributed by atoms with E-state index in [0.29, 0.717) is 6.04 Å². The average Bonchev–Trinajstić information content (AvgIpc) is 2.78. The summed E-state index contributed by atoms with van der Waals surface area (Å²) < 4.78 is 0. The minimum Gasteiger partial charge on any atom is -0.316 e. The Labute approximate surface area is 98.7 Å². The Kier molecular flexibility index (Phi) is 3.97. The second-order valence-corrected chi connectivity index (χ2v) is 4.85. The summed E-state index contributed by atoms with van der Waals surface area (Å²) in [5.41, 5.74) is 1.50. The van der Waals surface area contributed by atoms with Gasteiger partial charge in [-0.1, -0.05) is 30.3 Å². The summed E-state index contributed by atoms with van der Waals surface area (Å²) in [5.74, 6) is 0.741.